The minimum absolute atomic E-state index is 0.0610. The van der Waals surface area contributed by atoms with Crippen LogP contribution < -0.4 is 10.6 Å². The molecule has 5 nitrogen and oxygen atoms in total. The normalized spacial score (nSPS) is 15.8. The zero-order valence-electron chi connectivity index (χ0n) is 17.3. The number of hydrogen-bond acceptors (Lipinski definition) is 5. The first kappa shape index (κ1) is 22.4. The van der Waals surface area contributed by atoms with E-state index in [2.05, 4.69) is 37.7 Å². The van der Waals surface area contributed by atoms with Crippen LogP contribution in [0.4, 0.5) is 10.2 Å². The first-order valence-electron chi connectivity index (χ1n) is 10.2. The van der Waals surface area contributed by atoms with Gasteiger partial charge >= 0.3 is 0 Å². The summed E-state index contributed by atoms with van der Waals surface area (Å²) in [5.74, 6) is 0.273. The van der Waals surface area contributed by atoms with Crippen LogP contribution in [-0.4, -0.2) is 34.9 Å². The van der Waals surface area contributed by atoms with E-state index < -0.39 is 5.82 Å². The van der Waals surface area contributed by atoms with Crippen LogP contribution in [-0.2, 0) is 0 Å². The molecule has 0 amide bonds. The minimum atomic E-state index is -0.473. The summed E-state index contributed by atoms with van der Waals surface area (Å²) in [6, 6.07) is 5.32. The Morgan fingerprint density at radius 3 is 2.74 bits per heavy atom. The maximum atomic E-state index is 14.0. The van der Waals surface area contributed by atoms with Crippen molar-refractivity contribution >= 4 is 40.8 Å². The molecule has 1 aliphatic rings. The number of benzene rings is 1. The Labute approximate surface area is 195 Å². The molecule has 1 fully saturated rings. The summed E-state index contributed by atoms with van der Waals surface area (Å²) in [6.07, 6.45) is 7.96. The summed E-state index contributed by atoms with van der Waals surface area (Å²) in [7, 11) is 1.83. The van der Waals surface area contributed by atoms with Gasteiger partial charge in [-0.3, -0.25) is 4.68 Å². The topological polar surface area (TPSA) is 54.8 Å². The number of aromatic nitrogens is 3. The molecule has 1 atom stereocenters. The molecule has 0 aliphatic carbocycles. The Balaban J connectivity index is 1.61. The predicted octanol–water partition coefficient (Wildman–Crippen LogP) is 6.21. The number of thioether (sulfide) groups is 1. The van der Waals surface area contributed by atoms with Crippen LogP contribution in [0.25, 0.3) is 11.1 Å². The summed E-state index contributed by atoms with van der Waals surface area (Å²) < 4.78 is 16.1. The van der Waals surface area contributed by atoms with Crippen LogP contribution in [0, 0.1) is 5.82 Å². The Morgan fingerprint density at radius 2 is 2.00 bits per heavy atom. The number of rotatable bonds is 6. The molecule has 4 rings (SSSR count). The fourth-order valence-corrected chi connectivity index (χ4v) is 5.84. The quantitative estimate of drug-likeness (QED) is 0.325. The molecule has 2 N–H and O–H groups in total. The summed E-state index contributed by atoms with van der Waals surface area (Å²) >= 11 is 14.1. The third kappa shape index (κ3) is 4.85. The van der Waals surface area contributed by atoms with Crippen LogP contribution in [0.15, 0.2) is 41.7 Å². The summed E-state index contributed by atoms with van der Waals surface area (Å²) in [5, 5.41) is 11.4. The molecule has 3 aromatic rings. The number of nitrogens with zero attached hydrogens (tertiary/aromatic N) is 3. The highest BCUT2D eigenvalue weighted by Crippen LogP contribution is 2.44. The van der Waals surface area contributed by atoms with Crippen molar-refractivity contribution in [2.45, 2.75) is 36.0 Å². The van der Waals surface area contributed by atoms with Gasteiger partial charge in [0.2, 0.25) is 0 Å². The van der Waals surface area contributed by atoms with Gasteiger partial charge in [0.15, 0.2) is 0 Å². The molecule has 9 heteroatoms. The van der Waals surface area contributed by atoms with Crippen molar-refractivity contribution in [3.63, 3.8) is 0 Å². The van der Waals surface area contributed by atoms with Crippen molar-refractivity contribution in [2.24, 2.45) is 0 Å². The van der Waals surface area contributed by atoms with Gasteiger partial charge in [0.05, 0.1) is 22.2 Å². The zero-order chi connectivity index (χ0) is 22.0. The van der Waals surface area contributed by atoms with Gasteiger partial charge in [-0.1, -0.05) is 23.2 Å². The Bertz CT molecular complexity index is 1070. The molecule has 1 unspecified atom stereocenters. The SMILES string of the molecule is CNc1ncc(-c2cnn(C3CCNCC3)c2)cc1SC(C)c1c(Cl)ccc(F)c1Cl. The predicted molar refractivity (Wildman–Crippen MR) is 127 cm³/mol. The van der Waals surface area contributed by atoms with E-state index in [4.69, 9.17) is 23.2 Å². The molecular formula is C22H24Cl2FN5S. The van der Waals surface area contributed by atoms with Crippen LogP contribution in [0.5, 0.6) is 0 Å². The monoisotopic (exact) mass is 479 g/mol. The fourth-order valence-electron chi connectivity index (χ4n) is 3.80. The summed E-state index contributed by atoms with van der Waals surface area (Å²) in [6.45, 7) is 3.99. The molecule has 3 heterocycles. The molecule has 0 saturated carbocycles. The van der Waals surface area contributed by atoms with Gasteiger partial charge in [0.25, 0.3) is 0 Å². The smallest absolute Gasteiger partial charge is 0.142 e. The van der Waals surface area contributed by atoms with E-state index in [1.165, 1.54) is 23.9 Å². The number of nitrogens with one attached hydrogen (secondary N) is 2. The van der Waals surface area contributed by atoms with Crippen molar-refractivity contribution in [1.82, 2.24) is 20.1 Å². The first-order valence-corrected chi connectivity index (χ1v) is 11.8. The lowest BCUT2D eigenvalue weighted by Gasteiger charge is -2.22. The van der Waals surface area contributed by atoms with Crippen molar-refractivity contribution < 1.29 is 4.39 Å². The maximum Gasteiger partial charge on any atom is 0.142 e. The molecule has 1 aromatic carbocycles. The minimum Gasteiger partial charge on any atom is -0.372 e. The second-order valence-corrected chi connectivity index (χ2v) is 9.70. The molecule has 1 aliphatic heterocycles. The van der Waals surface area contributed by atoms with Crippen molar-refractivity contribution in [2.75, 3.05) is 25.5 Å². The fraction of sp³-hybridized carbons (Fsp3) is 0.364. The highest BCUT2D eigenvalue weighted by molar-refractivity contribution is 7.99. The highest BCUT2D eigenvalue weighted by Gasteiger charge is 2.21. The third-order valence-electron chi connectivity index (χ3n) is 5.50. The number of hydrogen-bond donors (Lipinski definition) is 2. The average Bonchev–Trinajstić information content (AvgIpc) is 3.27. The van der Waals surface area contributed by atoms with Gasteiger partial charge in [-0.25, -0.2) is 9.37 Å². The Morgan fingerprint density at radius 1 is 1.23 bits per heavy atom. The molecule has 0 spiro atoms. The molecule has 31 heavy (non-hydrogen) atoms. The second kappa shape index (κ2) is 9.77. The second-order valence-electron chi connectivity index (χ2n) is 7.53. The average molecular weight is 480 g/mol. The summed E-state index contributed by atoms with van der Waals surface area (Å²) in [5.41, 5.74) is 2.58. The molecule has 1 saturated heterocycles. The van der Waals surface area contributed by atoms with Crippen LogP contribution in [0.1, 0.15) is 36.6 Å². The van der Waals surface area contributed by atoms with E-state index in [9.17, 15) is 4.39 Å². The van der Waals surface area contributed by atoms with E-state index in [0.717, 1.165) is 47.8 Å². The lowest BCUT2D eigenvalue weighted by Crippen LogP contribution is -2.29. The number of pyridine rings is 1. The van der Waals surface area contributed by atoms with Crippen LogP contribution >= 0.6 is 35.0 Å². The van der Waals surface area contributed by atoms with Crippen molar-refractivity contribution in [1.29, 1.82) is 0 Å². The maximum absolute atomic E-state index is 14.0. The molecular weight excluding hydrogens is 456 g/mol. The molecule has 0 radical (unpaired) electrons. The van der Waals surface area contributed by atoms with Gasteiger partial charge in [-0.05, 0) is 51.1 Å². The van der Waals surface area contributed by atoms with Crippen molar-refractivity contribution in [3.05, 3.63) is 58.2 Å². The molecule has 2 aromatic heterocycles. The van der Waals surface area contributed by atoms with E-state index in [0.29, 0.717) is 16.6 Å². The molecule has 164 valence electrons. The van der Waals surface area contributed by atoms with Crippen LogP contribution in [0.2, 0.25) is 10.0 Å². The van der Waals surface area contributed by atoms with Gasteiger partial charge in [0, 0.05) is 46.4 Å². The van der Waals surface area contributed by atoms with Gasteiger partial charge < -0.3 is 10.6 Å². The van der Waals surface area contributed by atoms with Gasteiger partial charge in [0.1, 0.15) is 11.6 Å². The summed E-state index contributed by atoms with van der Waals surface area (Å²) in [4.78, 5) is 5.51. The van der Waals surface area contributed by atoms with Crippen LogP contribution in [0.3, 0.4) is 0 Å². The number of anilines is 1. The standard InChI is InChI=1S/C22H24Cl2FN5S/c1-13(20-17(23)3-4-18(25)21(20)24)31-19-9-14(10-28-22(19)26-2)15-11-29-30(12-15)16-5-7-27-8-6-16/h3-4,9-13,16,27H,5-8H2,1-2H3,(H,26,28). The van der Waals surface area contributed by atoms with Gasteiger partial charge in [-0.2, -0.15) is 5.10 Å². The van der Waals surface area contributed by atoms with Gasteiger partial charge in [-0.15, -0.1) is 11.8 Å². The number of halogens is 3. The largest absolute Gasteiger partial charge is 0.372 e. The van der Waals surface area contributed by atoms with E-state index in [1.807, 2.05) is 26.4 Å². The lowest BCUT2D eigenvalue weighted by molar-refractivity contribution is 0.343. The zero-order valence-corrected chi connectivity index (χ0v) is 19.7. The third-order valence-corrected chi connectivity index (χ3v) is 7.36. The molecule has 0 bridgehead atoms. The number of piperidine rings is 1. The highest BCUT2D eigenvalue weighted by atomic mass is 35.5. The van der Waals surface area contributed by atoms with E-state index in [1.54, 1.807) is 0 Å². The Kier molecular flexibility index (Phi) is 7.06. The van der Waals surface area contributed by atoms with Crippen molar-refractivity contribution in [3.8, 4) is 11.1 Å². The first-order chi connectivity index (χ1) is 15.0. The van der Waals surface area contributed by atoms with E-state index >= 15 is 0 Å². The Hall–Kier alpha value is -1.80. The van der Waals surface area contributed by atoms with E-state index in [-0.39, 0.29) is 10.3 Å². The lowest BCUT2D eigenvalue weighted by atomic mass is 10.1.